The Morgan fingerprint density at radius 2 is 2.00 bits per heavy atom. The highest BCUT2D eigenvalue weighted by molar-refractivity contribution is 6.47. The van der Waals surface area contributed by atoms with E-state index in [4.69, 9.17) is 15.0 Å². The Morgan fingerprint density at radius 1 is 1.33 bits per heavy atom. The average Bonchev–Trinajstić information content (AvgIpc) is 2.69. The molecular formula is C14H26BNO2. The van der Waals surface area contributed by atoms with E-state index in [1.807, 2.05) is 0 Å². The van der Waals surface area contributed by atoms with Gasteiger partial charge >= 0.3 is 7.12 Å². The molecule has 3 rings (SSSR count). The van der Waals surface area contributed by atoms with Crippen molar-refractivity contribution in [1.82, 2.24) is 0 Å². The SMILES string of the molecule is CC(C)C(N)B1OC2CC3(C)C(C)CC3C2(C)O1. The predicted octanol–water partition coefficient (Wildman–Crippen LogP) is 2.24. The Hall–Kier alpha value is -0.0551. The summed E-state index contributed by atoms with van der Waals surface area (Å²) in [7, 11) is -0.208. The number of rotatable bonds is 2. The maximum absolute atomic E-state index is 6.30. The third-order valence-electron chi connectivity index (χ3n) is 6.22. The minimum absolute atomic E-state index is 0.0174. The van der Waals surface area contributed by atoms with E-state index in [0.717, 1.165) is 12.3 Å². The van der Waals surface area contributed by atoms with Crippen LogP contribution in [-0.4, -0.2) is 24.8 Å². The molecule has 0 aromatic rings. The predicted molar refractivity (Wildman–Crippen MR) is 72.9 cm³/mol. The molecule has 1 heterocycles. The highest BCUT2D eigenvalue weighted by Crippen LogP contribution is 2.67. The molecule has 0 spiro atoms. The van der Waals surface area contributed by atoms with Gasteiger partial charge < -0.3 is 15.0 Å². The van der Waals surface area contributed by atoms with Crippen LogP contribution in [0.2, 0.25) is 0 Å². The van der Waals surface area contributed by atoms with Gasteiger partial charge in [0.1, 0.15) is 0 Å². The lowest BCUT2D eigenvalue weighted by Gasteiger charge is -2.53. The van der Waals surface area contributed by atoms with Crippen molar-refractivity contribution in [2.75, 3.05) is 0 Å². The molecule has 2 N–H and O–H groups in total. The fourth-order valence-corrected chi connectivity index (χ4v) is 4.40. The van der Waals surface area contributed by atoms with Gasteiger partial charge in [-0.1, -0.05) is 27.7 Å². The van der Waals surface area contributed by atoms with Crippen LogP contribution in [0.1, 0.15) is 47.5 Å². The second-order valence-electron chi connectivity index (χ2n) is 7.52. The number of fused-ring (bicyclic) bond motifs is 3. The number of nitrogens with two attached hydrogens (primary N) is 1. The summed E-state index contributed by atoms with van der Waals surface area (Å²) in [5.41, 5.74) is 6.52. The molecule has 3 aliphatic rings. The molecule has 1 saturated heterocycles. The normalized spacial score (nSPS) is 52.2. The van der Waals surface area contributed by atoms with E-state index in [1.165, 1.54) is 6.42 Å². The second-order valence-corrected chi connectivity index (χ2v) is 7.52. The molecule has 1 aliphatic heterocycles. The first-order valence-electron chi connectivity index (χ1n) is 7.38. The first kappa shape index (κ1) is 13.0. The molecule has 0 radical (unpaired) electrons. The van der Waals surface area contributed by atoms with Crippen LogP contribution in [0.5, 0.6) is 0 Å². The van der Waals surface area contributed by atoms with Crippen molar-refractivity contribution >= 4 is 7.12 Å². The van der Waals surface area contributed by atoms with Crippen molar-refractivity contribution in [3.8, 4) is 0 Å². The van der Waals surface area contributed by atoms with Crippen LogP contribution >= 0.6 is 0 Å². The zero-order valence-corrected chi connectivity index (χ0v) is 12.3. The fraction of sp³-hybridized carbons (Fsp3) is 1.00. The Kier molecular flexibility index (Phi) is 2.69. The van der Waals surface area contributed by atoms with E-state index in [9.17, 15) is 0 Å². The topological polar surface area (TPSA) is 44.5 Å². The van der Waals surface area contributed by atoms with Crippen LogP contribution in [0.15, 0.2) is 0 Å². The summed E-state index contributed by atoms with van der Waals surface area (Å²) in [5, 5.41) is 0. The maximum atomic E-state index is 6.30. The third-order valence-corrected chi connectivity index (χ3v) is 6.22. The molecule has 0 amide bonds. The van der Waals surface area contributed by atoms with Crippen molar-refractivity contribution in [3.63, 3.8) is 0 Å². The van der Waals surface area contributed by atoms with E-state index in [1.54, 1.807) is 0 Å². The van der Waals surface area contributed by atoms with Crippen LogP contribution in [0.25, 0.3) is 0 Å². The molecule has 0 aromatic heterocycles. The van der Waals surface area contributed by atoms with Crippen molar-refractivity contribution < 1.29 is 9.31 Å². The lowest BCUT2D eigenvalue weighted by molar-refractivity contribution is -0.0828. The highest BCUT2D eigenvalue weighted by atomic mass is 16.7. The van der Waals surface area contributed by atoms with Gasteiger partial charge in [0.2, 0.25) is 0 Å². The van der Waals surface area contributed by atoms with Crippen LogP contribution in [0.3, 0.4) is 0 Å². The van der Waals surface area contributed by atoms with Crippen LogP contribution < -0.4 is 5.73 Å². The van der Waals surface area contributed by atoms with Gasteiger partial charge in [-0.05, 0) is 42.9 Å². The van der Waals surface area contributed by atoms with Gasteiger partial charge in [-0.25, -0.2) is 0 Å². The first-order chi connectivity index (χ1) is 8.29. The number of hydrogen-bond donors (Lipinski definition) is 1. The van der Waals surface area contributed by atoms with E-state index in [0.29, 0.717) is 17.3 Å². The Balaban J connectivity index is 1.78. The lowest BCUT2D eigenvalue weighted by Crippen LogP contribution is -2.53. The summed E-state index contributed by atoms with van der Waals surface area (Å²) < 4.78 is 12.5. The average molecular weight is 251 g/mol. The van der Waals surface area contributed by atoms with E-state index >= 15 is 0 Å². The monoisotopic (exact) mass is 251 g/mol. The van der Waals surface area contributed by atoms with Crippen molar-refractivity contribution in [2.24, 2.45) is 28.9 Å². The molecule has 2 saturated carbocycles. The molecular weight excluding hydrogens is 225 g/mol. The zero-order valence-electron chi connectivity index (χ0n) is 12.3. The first-order valence-corrected chi connectivity index (χ1v) is 7.38. The molecule has 0 bridgehead atoms. The number of hydrogen-bond acceptors (Lipinski definition) is 3. The van der Waals surface area contributed by atoms with Crippen molar-refractivity contribution in [1.29, 1.82) is 0 Å². The van der Waals surface area contributed by atoms with Gasteiger partial charge in [0.05, 0.1) is 11.7 Å². The highest BCUT2D eigenvalue weighted by Gasteiger charge is 2.70. The summed E-state index contributed by atoms with van der Waals surface area (Å²) >= 11 is 0. The summed E-state index contributed by atoms with van der Waals surface area (Å²) in [6.45, 7) is 11.3. The summed E-state index contributed by atoms with van der Waals surface area (Å²) in [6, 6.07) is 0. The third kappa shape index (κ3) is 1.43. The Morgan fingerprint density at radius 3 is 2.56 bits per heavy atom. The van der Waals surface area contributed by atoms with Gasteiger partial charge in [-0.3, -0.25) is 0 Å². The molecule has 102 valence electrons. The molecule has 6 unspecified atom stereocenters. The van der Waals surface area contributed by atoms with Crippen molar-refractivity contribution in [2.45, 2.75) is 65.1 Å². The molecule has 6 atom stereocenters. The molecule has 3 nitrogen and oxygen atoms in total. The van der Waals surface area contributed by atoms with E-state index in [2.05, 4.69) is 34.6 Å². The van der Waals surface area contributed by atoms with Gasteiger partial charge in [0, 0.05) is 5.94 Å². The minimum Gasteiger partial charge on any atom is -0.404 e. The van der Waals surface area contributed by atoms with Crippen LogP contribution in [0.4, 0.5) is 0 Å². The van der Waals surface area contributed by atoms with Gasteiger partial charge in [0.15, 0.2) is 0 Å². The van der Waals surface area contributed by atoms with Gasteiger partial charge in [-0.15, -0.1) is 0 Å². The standard InChI is InChI=1S/C14H26BNO2/c1-8(2)12(16)15-17-11-7-13(4)9(3)6-10(13)14(11,5)18-15/h8-12H,6-7,16H2,1-5H3. The zero-order chi connectivity index (χ0) is 13.3. The molecule has 18 heavy (non-hydrogen) atoms. The summed E-state index contributed by atoms with van der Waals surface area (Å²) in [4.78, 5) is 0. The smallest absolute Gasteiger partial charge is 0.404 e. The summed E-state index contributed by atoms with van der Waals surface area (Å²) in [6.07, 6.45) is 2.65. The largest absolute Gasteiger partial charge is 0.475 e. The molecule has 4 heteroatoms. The maximum Gasteiger partial charge on any atom is 0.475 e. The van der Waals surface area contributed by atoms with Crippen LogP contribution in [0, 0.1) is 23.2 Å². The quantitative estimate of drug-likeness (QED) is 0.765. The Labute approximate surface area is 111 Å². The van der Waals surface area contributed by atoms with Crippen LogP contribution in [-0.2, 0) is 9.31 Å². The lowest BCUT2D eigenvalue weighted by atomic mass is 9.53. The fourth-order valence-electron chi connectivity index (χ4n) is 4.40. The van der Waals surface area contributed by atoms with Gasteiger partial charge in [-0.2, -0.15) is 0 Å². The minimum atomic E-state index is -0.208. The molecule has 2 aliphatic carbocycles. The van der Waals surface area contributed by atoms with Crippen molar-refractivity contribution in [3.05, 3.63) is 0 Å². The van der Waals surface area contributed by atoms with E-state index in [-0.39, 0.29) is 24.8 Å². The van der Waals surface area contributed by atoms with Gasteiger partial charge in [0.25, 0.3) is 0 Å². The molecule has 0 aromatic carbocycles. The second kappa shape index (κ2) is 3.74. The Bertz CT molecular complexity index is 364. The summed E-state index contributed by atoms with van der Waals surface area (Å²) in [5.74, 6) is 1.82. The molecule has 3 fully saturated rings. The van der Waals surface area contributed by atoms with E-state index < -0.39 is 0 Å².